The average Bonchev–Trinajstić information content (AvgIpc) is 3.29. The van der Waals surface area contributed by atoms with Crippen LogP contribution in [-0.2, 0) is 11.3 Å². The van der Waals surface area contributed by atoms with Crippen LogP contribution in [0.3, 0.4) is 0 Å². The normalized spacial score (nSPS) is 16.9. The molecule has 1 aliphatic rings. The number of hydrogen-bond donors (Lipinski definition) is 0. The van der Waals surface area contributed by atoms with Crippen molar-refractivity contribution in [3.63, 3.8) is 0 Å². The molecule has 1 unspecified atom stereocenters. The van der Waals surface area contributed by atoms with Gasteiger partial charge in [-0.05, 0) is 44.0 Å². The highest BCUT2D eigenvalue weighted by Gasteiger charge is 2.24. The van der Waals surface area contributed by atoms with E-state index in [1.54, 1.807) is 6.20 Å². The molecular weight excluding hydrogens is 328 g/mol. The summed E-state index contributed by atoms with van der Waals surface area (Å²) in [5, 5.41) is 0. The van der Waals surface area contributed by atoms with Crippen molar-refractivity contribution in [2.45, 2.75) is 32.4 Å². The molecule has 6 nitrogen and oxygen atoms in total. The fraction of sp³-hybridized carbons (Fsp3) is 0.350. The van der Waals surface area contributed by atoms with Crippen LogP contribution in [0.25, 0.3) is 5.65 Å². The summed E-state index contributed by atoms with van der Waals surface area (Å²) < 4.78 is 7.65. The minimum absolute atomic E-state index is 0.0144. The molecule has 6 heteroatoms. The SMILES string of the molecule is Cc1cn2cc(C(=O)N(Cc3ccccn3)CC3CCCO3)ccc2n1. The van der Waals surface area contributed by atoms with Gasteiger partial charge in [-0.25, -0.2) is 4.98 Å². The number of pyridine rings is 2. The summed E-state index contributed by atoms with van der Waals surface area (Å²) in [5.41, 5.74) is 3.29. The third kappa shape index (κ3) is 3.60. The van der Waals surface area contributed by atoms with E-state index < -0.39 is 0 Å². The molecule has 0 aliphatic carbocycles. The first-order chi connectivity index (χ1) is 12.7. The number of carbonyl (C=O) groups excluding carboxylic acids is 1. The molecule has 1 atom stereocenters. The van der Waals surface area contributed by atoms with Crippen molar-refractivity contribution in [1.82, 2.24) is 19.3 Å². The lowest BCUT2D eigenvalue weighted by molar-refractivity contribution is 0.0504. The summed E-state index contributed by atoms with van der Waals surface area (Å²) in [6.45, 7) is 3.77. The van der Waals surface area contributed by atoms with E-state index in [-0.39, 0.29) is 12.0 Å². The van der Waals surface area contributed by atoms with Gasteiger partial charge in [-0.1, -0.05) is 6.07 Å². The Morgan fingerprint density at radius 1 is 1.31 bits per heavy atom. The Morgan fingerprint density at radius 2 is 2.23 bits per heavy atom. The molecule has 0 spiro atoms. The number of aromatic nitrogens is 3. The molecular formula is C20H22N4O2. The Kier molecular flexibility index (Phi) is 4.67. The molecule has 4 heterocycles. The third-order valence-corrected chi connectivity index (χ3v) is 4.63. The fourth-order valence-corrected chi connectivity index (χ4v) is 3.37. The second-order valence-electron chi connectivity index (χ2n) is 6.71. The Hall–Kier alpha value is -2.73. The van der Waals surface area contributed by atoms with Gasteiger partial charge in [0.15, 0.2) is 0 Å². The van der Waals surface area contributed by atoms with E-state index in [9.17, 15) is 4.79 Å². The zero-order chi connectivity index (χ0) is 17.9. The summed E-state index contributed by atoms with van der Waals surface area (Å²) in [4.78, 5) is 23.8. The van der Waals surface area contributed by atoms with E-state index in [0.29, 0.717) is 18.7 Å². The predicted molar refractivity (Wildman–Crippen MR) is 97.9 cm³/mol. The zero-order valence-corrected chi connectivity index (χ0v) is 14.8. The molecule has 0 saturated carbocycles. The van der Waals surface area contributed by atoms with Crippen LogP contribution in [0.1, 0.15) is 34.6 Å². The number of aryl methyl sites for hydroxylation is 1. The fourth-order valence-electron chi connectivity index (χ4n) is 3.37. The standard InChI is InChI=1S/C20H22N4O2/c1-15-11-23-12-16(7-8-19(23)22-15)20(25)24(14-18-6-4-10-26-18)13-17-5-2-3-9-21-17/h2-3,5,7-9,11-12,18H,4,6,10,13-14H2,1H3. The van der Waals surface area contributed by atoms with E-state index in [2.05, 4.69) is 9.97 Å². The van der Waals surface area contributed by atoms with Gasteiger partial charge >= 0.3 is 0 Å². The number of hydrogen-bond acceptors (Lipinski definition) is 4. The van der Waals surface area contributed by atoms with E-state index in [1.807, 2.05) is 58.9 Å². The van der Waals surface area contributed by atoms with Crippen LogP contribution in [0.4, 0.5) is 0 Å². The maximum absolute atomic E-state index is 13.2. The van der Waals surface area contributed by atoms with E-state index >= 15 is 0 Å². The van der Waals surface area contributed by atoms with E-state index in [1.165, 1.54) is 0 Å². The Labute approximate surface area is 152 Å². The lowest BCUT2D eigenvalue weighted by Gasteiger charge is -2.25. The third-order valence-electron chi connectivity index (χ3n) is 4.63. The summed E-state index contributed by atoms with van der Waals surface area (Å²) in [6, 6.07) is 9.48. The lowest BCUT2D eigenvalue weighted by atomic mass is 10.2. The van der Waals surface area contributed by atoms with E-state index in [0.717, 1.165) is 36.5 Å². The van der Waals surface area contributed by atoms with Crippen molar-refractivity contribution in [2.24, 2.45) is 0 Å². The summed E-state index contributed by atoms with van der Waals surface area (Å²) >= 11 is 0. The number of rotatable bonds is 5. The van der Waals surface area contributed by atoms with Gasteiger partial charge < -0.3 is 14.0 Å². The first kappa shape index (κ1) is 16.7. The predicted octanol–water partition coefficient (Wildman–Crippen LogP) is 2.86. The van der Waals surface area contributed by atoms with Gasteiger partial charge in [0.1, 0.15) is 5.65 Å². The summed E-state index contributed by atoms with van der Waals surface area (Å²) in [5.74, 6) is -0.0144. The first-order valence-electron chi connectivity index (χ1n) is 8.95. The molecule has 3 aromatic rings. The average molecular weight is 350 g/mol. The first-order valence-corrected chi connectivity index (χ1v) is 8.95. The van der Waals surface area contributed by atoms with Gasteiger partial charge in [0, 0.05) is 31.7 Å². The topological polar surface area (TPSA) is 59.7 Å². The van der Waals surface area contributed by atoms with Crippen molar-refractivity contribution < 1.29 is 9.53 Å². The van der Waals surface area contributed by atoms with Crippen molar-refractivity contribution in [3.05, 3.63) is 65.9 Å². The van der Waals surface area contributed by atoms with Crippen LogP contribution in [0.2, 0.25) is 0 Å². The number of nitrogens with zero attached hydrogens (tertiary/aromatic N) is 4. The Bertz CT molecular complexity index is 901. The number of fused-ring (bicyclic) bond motifs is 1. The maximum Gasteiger partial charge on any atom is 0.255 e. The Morgan fingerprint density at radius 3 is 3.00 bits per heavy atom. The van der Waals surface area contributed by atoms with Gasteiger partial charge in [0.2, 0.25) is 0 Å². The number of imidazole rings is 1. The molecule has 26 heavy (non-hydrogen) atoms. The molecule has 1 saturated heterocycles. The highest BCUT2D eigenvalue weighted by molar-refractivity contribution is 5.94. The van der Waals surface area contributed by atoms with Gasteiger partial charge in [-0.2, -0.15) is 0 Å². The zero-order valence-electron chi connectivity index (χ0n) is 14.8. The van der Waals surface area contributed by atoms with Gasteiger partial charge in [0.05, 0.1) is 29.6 Å². The van der Waals surface area contributed by atoms with Gasteiger partial charge in [-0.3, -0.25) is 9.78 Å². The summed E-state index contributed by atoms with van der Waals surface area (Å²) in [6.07, 6.45) is 7.67. The van der Waals surface area contributed by atoms with Gasteiger partial charge in [0.25, 0.3) is 5.91 Å². The van der Waals surface area contributed by atoms with Crippen LogP contribution in [-0.4, -0.2) is 44.4 Å². The molecule has 1 fully saturated rings. The van der Waals surface area contributed by atoms with Crippen molar-refractivity contribution in [3.8, 4) is 0 Å². The summed E-state index contributed by atoms with van der Waals surface area (Å²) in [7, 11) is 0. The highest BCUT2D eigenvalue weighted by atomic mass is 16.5. The second kappa shape index (κ2) is 7.25. The molecule has 4 rings (SSSR count). The van der Waals surface area contributed by atoms with Crippen LogP contribution in [0.5, 0.6) is 0 Å². The van der Waals surface area contributed by atoms with Crippen LogP contribution in [0, 0.1) is 6.92 Å². The molecule has 3 aromatic heterocycles. The minimum Gasteiger partial charge on any atom is -0.376 e. The van der Waals surface area contributed by atoms with E-state index in [4.69, 9.17) is 4.74 Å². The number of carbonyl (C=O) groups is 1. The molecule has 1 amide bonds. The number of ether oxygens (including phenoxy) is 1. The van der Waals surface area contributed by atoms with Crippen LogP contribution >= 0.6 is 0 Å². The molecule has 0 bridgehead atoms. The molecule has 134 valence electrons. The quantitative estimate of drug-likeness (QED) is 0.710. The lowest BCUT2D eigenvalue weighted by Crippen LogP contribution is -2.37. The van der Waals surface area contributed by atoms with Crippen LogP contribution < -0.4 is 0 Å². The van der Waals surface area contributed by atoms with Crippen molar-refractivity contribution >= 4 is 11.6 Å². The monoisotopic (exact) mass is 350 g/mol. The molecule has 0 radical (unpaired) electrons. The van der Waals surface area contributed by atoms with Crippen molar-refractivity contribution in [1.29, 1.82) is 0 Å². The smallest absolute Gasteiger partial charge is 0.255 e. The van der Waals surface area contributed by atoms with Gasteiger partial charge in [-0.15, -0.1) is 0 Å². The number of amides is 1. The molecule has 1 aliphatic heterocycles. The Balaban J connectivity index is 1.60. The molecule has 0 N–H and O–H groups in total. The van der Waals surface area contributed by atoms with Crippen molar-refractivity contribution in [2.75, 3.05) is 13.2 Å². The second-order valence-corrected chi connectivity index (χ2v) is 6.71. The highest BCUT2D eigenvalue weighted by Crippen LogP contribution is 2.17. The molecule has 0 aromatic carbocycles. The maximum atomic E-state index is 13.2. The largest absolute Gasteiger partial charge is 0.376 e. The van der Waals surface area contributed by atoms with Crippen LogP contribution in [0.15, 0.2) is 48.9 Å². The minimum atomic E-state index is -0.0144.